The second-order valence-corrected chi connectivity index (χ2v) is 5.14. The van der Waals surface area contributed by atoms with E-state index in [1.54, 1.807) is 6.33 Å². The number of nitrogens with one attached hydrogen (secondary N) is 1. The molecule has 0 radical (unpaired) electrons. The van der Waals surface area contributed by atoms with Gasteiger partial charge >= 0.3 is 0 Å². The topological polar surface area (TPSA) is 42.7 Å². The summed E-state index contributed by atoms with van der Waals surface area (Å²) in [5.74, 6) is 0.954. The van der Waals surface area contributed by atoms with E-state index in [0.29, 0.717) is 6.04 Å². The van der Waals surface area contributed by atoms with E-state index in [0.717, 1.165) is 22.5 Å². The molecule has 4 nitrogen and oxygen atoms in total. The van der Waals surface area contributed by atoms with Crippen LogP contribution in [0.5, 0.6) is 0 Å². The van der Waals surface area contributed by atoms with Gasteiger partial charge in [-0.3, -0.25) is 0 Å². The summed E-state index contributed by atoms with van der Waals surface area (Å²) >= 11 is 3.47. The zero-order chi connectivity index (χ0) is 11.7. The van der Waals surface area contributed by atoms with Crippen molar-refractivity contribution < 1.29 is 0 Å². The van der Waals surface area contributed by atoms with E-state index in [2.05, 4.69) is 31.3 Å². The maximum Gasteiger partial charge on any atom is 0.146 e. The summed E-state index contributed by atoms with van der Waals surface area (Å²) in [6.07, 6.45) is 4.17. The molecule has 0 spiro atoms. The van der Waals surface area contributed by atoms with Gasteiger partial charge in [0, 0.05) is 10.5 Å². The maximum atomic E-state index is 4.30. The van der Waals surface area contributed by atoms with E-state index in [1.807, 2.05) is 28.9 Å². The summed E-state index contributed by atoms with van der Waals surface area (Å²) < 4.78 is 2.92. The summed E-state index contributed by atoms with van der Waals surface area (Å²) in [5.41, 5.74) is 1.03. The quantitative estimate of drug-likeness (QED) is 0.940. The van der Waals surface area contributed by atoms with Gasteiger partial charge in [-0.2, -0.15) is 5.10 Å². The first-order chi connectivity index (χ1) is 8.33. The highest BCUT2D eigenvalue weighted by atomic mass is 79.9. The minimum absolute atomic E-state index is 0.683. The first-order valence-electron chi connectivity index (χ1n) is 5.71. The van der Waals surface area contributed by atoms with Crippen LogP contribution in [0, 0.1) is 0 Å². The van der Waals surface area contributed by atoms with E-state index in [-0.39, 0.29) is 0 Å². The van der Waals surface area contributed by atoms with Gasteiger partial charge in [-0.05, 0) is 31.0 Å². The van der Waals surface area contributed by atoms with Crippen LogP contribution < -0.4 is 5.32 Å². The summed E-state index contributed by atoms with van der Waals surface area (Å²) in [6.45, 7) is 0.775. The molecule has 1 fully saturated rings. The monoisotopic (exact) mass is 292 g/mol. The standard InChI is InChI=1S/C12H13BrN4/c13-9-2-1-3-11(6-9)17-12(15-8-16-17)7-14-10-4-5-10/h1-3,6,8,10,14H,4-5,7H2. The van der Waals surface area contributed by atoms with Crippen molar-refractivity contribution >= 4 is 15.9 Å². The molecule has 0 aliphatic heterocycles. The number of halogens is 1. The average Bonchev–Trinajstić information content (AvgIpc) is 3.04. The van der Waals surface area contributed by atoms with Gasteiger partial charge in [-0.25, -0.2) is 9.67 Å². The Bertz CT molecular complexity index is 519. The molecule has 1 N–H and O–H groups in total. The zero-order valence-corrected chi connectivity index (χ0v) is 10.9. The highest BCUT2D eigenvalue weighted by molar-refractivity contribution is 9.10. The molecule has 1 aliphatic rings. The van der Waals surface area contributed by atoms with Gasteiger partial charge < -0.3 is 5.32 Å². The largest absolute Gasteiger partial charge is 0.307 e. The van der Waals surface area contributed by atoms with Gasteiger partial charge in [-0.15, -0.1) is 0 Å². The first kappa shape index (κ1) is 10.9. The molecule has 1 aromatic heterocycles. The summed E-state index contributed by atoms with van der Waals surface area (Å²) in [5, 5.41) is 7.72. The fraction of sp³-hybridized carbons (Fsp3) is 0.333. The second-order valence-electron chi connectivity index (χ2n) is 4.22. The third kappa shape index (κ3) is 2.56. The lowest BCUT2D eigenvalue weighted by atomic mass is 10.3. The van der Waals surface area contributed by atoms with Crippen LogP contribution in [0.1, 0.15) is 18.7 Å². The molecular formula is C12H13BrN4. The van der Waals surface area contributed by atoms with Crippen LogP contribution in [0.2, 0.25) is 0 Å². The van der Waals surface area contributed by atoms with Gasteiger partial charge in [0.25, 0.3) is 0 Å². The van der Waals surface area contributed by atoms with Crippen molar-refractivity contribution in [3.05, 3.63) is 40.9 Å². The molecule has 1 heterocycles. The Labute approximate surface area is 108 Å². The maximum absolute atomic E-state index is 4.30. The van der Waals surface area contributed by atoms with Crippen LogP contribution >= 0.6 is 15.9 Å². The van der Waals surface area contributed by atoms with Crippen molar-refractivity contribution in [1.82, 2.24) is 20.1 Å². The van der Waals surface area contributed by atoms with Crippen molar-refractivity contribution in [1.29, 1.82) is 0 Å². The third-order valence-electron chi connectivity index (χ3n) is 2.80. The molecule has 1 aromatic carbocycles. The molecule has 0 bridgehead atoms. The molecule has 5 heteroatoms. The fourth-order valence-electron chi connectivity index (χ4n) is 1.73. The molecule has 88 valence electrons. The van der Waals surface area contributed by atoms with E-state index in [1.165, 1.54) is 12.8 Å². The summed E-state index contributed by atoms with van der Waals surface area (Å²) in [4.78, 5) is 4.30. The van der Waals surface area contributed by atoms with E-state index >= 15 is 0 Å². The average molecular weight is 293 g/mol. The van der Waals surface area contributed by atoms with E-state index in [4.69, 9.17) is 0 Å². The second kappa shape index (κ2) is 4.58. The predicted octanol–water partition coefficient (Wildman–Crippen LogP) is 2.28. The number of benzene rings is 1. The van der Waals surface area contributed by atoms with Crippen LogP contribution in [0.15, 0.2) is 35.1 Å². The Balaban J connectivity index is 1.83. The van der Waals surface area contributed by atoms with Gasteiger partial charge in [-0.1, -0.05) is 22.0 Å². The van der Waals surface area contributed by atoms with Crippen molar-refractivity contribution in [2.45, 2.75) is 25.4 Å². The Morgan fingerprint density at radius 3 is 3.06 bits per heavy atom. The van der Waals surface area contributed by atoms with Crippen LogP contribution in [-0.2, 0) is 6.54 Å². The van der Waals surface area contributed by atoms with E-state index in [9.17, 15) is 0 Å². The normalized spacial score (nSPS) is 15.1. The predicted molar refractivity (Wildman–Crippen MR) is 68.9 cm³/mol. The minimum atomic E-state index is 0.683. The summed E-state index contributed by atoms with van der Waals surface area (Å²) in [7, 11) is 0. The lowest BCUT2D eigenvalue weighted by Gasteiger charge is -2.06. The molecule has 0 atom stereocenters. The van der Waals surface area contributed by atoms with Gasteiger partial charge in [0.05, 0.1) is 12.2 Å². The molecule has 0 unspecified atom stereocenters. The van der Waals surface area contributed by atoms with Crippen LogP contribution in [-0.4, -0.2) is 20.8 Å². The van der Waals surface area contributed by atoms with Crippen molar-refractivity contribution in [3.8, 4) is 5.69 Å². The molecule has 1 aliphatic carbocycles. The van der Waals surface area contributed by atoms with Gasteiger partial charge in [0.15, 0.2) is 0 Å². The van der Waals surface area contributed by atoms with Gasteiger partial charge in [0.1, 0.15) is 12.2 Å². The number of rotatable bonds is 4. The van der Waals surface area contributed by atoms with Crippen LogP contribution in [0.25, 0.3) is 5.69 Å². The smallest absolute Gasteiger partial charge is 0.146 e. The third-order valence-corrected chi connectivity index (χ3v) is 3.29. The van der Waals surface area contributed by atoms with E-state index < -0.39 is 0 Å². The molecule has 3 rings (SSSR count). The molecule has 0 saturated heterocycles. The highest BCUT2D eigenvalue weighted by Gasteiger charge is 2.21. The lowest BCUT2D eigenvalue weighted by molar-refractivity contribution is 0.638. The number of hydrogen-bond donors (Lipinski definition) is 1. The Kier molecular flexibility index (Phi) is 2.94. The number of nitrogens with zero attached hydrogens (tertiary/aromatic N) is 3. The molecule has 17 heavy (non-hydrogen) atoms. The molecule has 1 saturated carbocycles. The van der Waals surface area contributed by atoms with Crippen molar-refractivity contribution in [2.75, 3.05) is 0 Å². The summed E-state index contributed by atoms with van der Waals surface area (Å²) in [6, 6.07) is 8.75. The number of hydrogen-bond acceptors (Lipinski definition) is 3. The molecular weight excluding hydrogens is 280 g/mol. The Morgan fingerprint density at radius 2 is 2.29 bits per heavy atom. The lowest BCUT2D eigenvalue weighted by Crippen LogP contribution is -2.18. The van der Waals surface area contributed by atoms with Crippen LogP contribution in [0.4, 0.5) is 0 Å². The first-order valence-corrected chi connectivity index (χ1v) is 6.50. The molecule has 0 amide bonds. The number of aromatic nitrogens is 3. The zero-order valence-electron chi connectivity index (χ0n) is 9.31. The van der Waals surface area contributed by atoms with Crippen molar-refractivity contribution in [3.63, 3.8) is 0 Å². The Hall–Kier alpha value is -1.20. The minimum Gasteiger partial charge on any atom is -0.307 e. The fourth-order valence-corrected chi connectivity index (χ4v) is 2.12. The highest BCUT2D eigenvalue weighted by Crippen LogP contribution is 2.20. The molecule has 2 aromatic rings. The van der Waals surface area contributed by atoms with Crippen molar-refractivity contribution in [2.24, 2.45) is 0 Å². The van der Waals surface area contributed by atoms with Crippen LogP contribution in [0.3, 0.4) is 0 Å². The van der Waals surface area contributed by atoms with Gasteiger partial charge in [0.2, 0.25) is 0 Å². The SMILES string of the molecule is Brc1cccc(-n2ncnc2CNC2CC2)c1. The Morgan fingerprint density at radius 1 is 1.41 bits per heavy atom.